The number of Topliss-reactive ketones (excluding diaryl/α,β-unsaturated/α-hetero) is 1. The van der Waals surface area contributed by atoms with Gasteiger partial charge in [-0.2, -0.15) is 0 Å². The highest BCUT2D eigenvalue weighted by Gasteiger charge is 2.22. The van der Waals surface area contributed by atoms with E-state index in [0.29, 0.717) is 5.56 Å². The highest BCUT2D eigenvalue weighted by atomic mass is 79.9. The first-order valence-electron chi connectivity index (χ1n) is 8.75. The fourth-order valence-corrected chi connectivity index (χ4v) is 6.23. The number of halogens is 1. The summed E-state index contributed by atoms with van der Waals surface area (Å²) in [4.78, 5) is 24.9. The van der Waals surface area contributed by atoms with Crippen molar-refractivity contribution in [1.29, 1.82) is 0 Å². The number of rotatable bonds is 8. The second-order valence-electron chi connectivity index (χ2n) is 6.15. The minimum absolute atomic E-state index is 0.0213. The first-order valence-corrected chi connectivity index (χ1v) is 11.2. The van der Waals surface area contributed by atoms with Crippen LogP contribution < -0.4 is 0 Å². The molecule has 0 aliphatic heterocycles. The Morgan fingerprint density at radius 3 is 2.57 bits per heavy atom. The molecule has 0 aliphatic rings. The summed E-state index contributed by atoms with van der Waals surface area (Å²) in [6.07, 6.45) is 1.20. The summed E-state index contributed by atoms with van der Waals surface area (Å²) in [7, 11) is 0. The predicted molar refractivity (Wildman–Crippen MR) is 118 cm³/mol. The van der Waals surface area contributed by atoms with Crippen LogP contribution in [0.15, 0.2) is 69.3 Å². The Labute approximate surface area is 180 Å². The van der Waals surface area contributed by atoms with Gasteiger partial charge < -0.3 is 0 Å². The van der Waals surface area contributed by atoms with Crippen LogP contribution in [0, 0.1) is 10.1 Å². The van der Waals surface area contributed by atoms with E-state index in [1.807, 2.05) is 24.3 Å². The Balaban J connectivity index is 1.93. The lowest BCUT2D eigenvalue weighted by molar-refractivity contribution is -0.384. The SMILES string of the molecule is CCc1cc(Br)c(S[C@@H](CC(=O)c2ccccc2)c2cccc([N+](=O)[O-])c2)s1. The number of ketones is 1. The number of carbonyl (C=O) groups excluding carboxylic acids is 1. The number of hydrogen-bond acceptors (Lipinski definition) is 5. The van der Waals surface area contributed by atoms with Crippen molar-refractivity contribution in [3.63, 3.8) is 0 Å². The fraction of sp³-hybridized carbons (Fsp3) is 0.190. The van der Waals surface area contributed by atoms with Crippen molar-refractivity contribution < 1.29 is 9.72 Å². The molecule has 0 bridgehead atoms. The van der Waals surface area contributed by atoms with Crippen molar-refractivity contribution in [2.45, 2.75) is 29.2 Å². The van der Waals surface area contributed by atoms with Crippen molar-refractivity contribution in [3.8, 4) is 0 Å². The number of thioether (sulfide) groups is 1. The summed E-state index contributed by atoms with van der Waals surface area (Å²) in [5.74, 6) is 0.0213. The number of benzene rings is 2. The van der Waals surface area contributed by atoms with E-state index < -0.39 is 4.92 Å². The van der Waals surface area contributed by atoms with Crippen LogP contribution in [-0.2, 0) is 6.42 Å². The zero-order valence-electron chi connectivity index (χ0n) is 15.1. The first-order chi connectivity index (χ1) is 13.5. The highest BCUT2D eigenvalue weighted by molar-refractivity contribution is 9.10. The maximum absolute atomic E-state index is 12.8. The fourth-order valence-electron chi connectivity index (χ4n) is 2.76. The third kappa shape index (κ3) is 5.10. The van der Waals surface area contributed by atoms with E-state index in [9.17, 15) is 14.9 Å². The van der Waals surface area contributed by atoms with E-state index >= 15 is 0 Å². The number of nitrogens with zero attached hydrogens (tertiary/aromatic N) is 1. The molecule has 3 aromatic rings. The number of nitro groups is 1. The van der Waals surface area contributed by atoms with Crippen LogP contribution in [0.1, 0.15) is 39.4 Å². The molecule has 0 aliphatic carbocycles. The lowest BCUT2D eigenvalue weighted by Crippen LogP contribution is -2.05. The van der Waals surface area contributed by atoms with Crippen LogP contribution in [0.5, 0.6) is 0 Å². The Kier molecular flexibility index (Phi) is 7.04. The Bertz CT molecular complexity index is 988. The highest BCUT2D eigenvalue weighted by Crippen LogP contribution is 2.46. The molecule has 0 saturated heterocycles. The predicted octanol–water partition coefficient (Wildman–Crippen LogP) is 7.09. The van der Waals surface area contributed by atoms with Gasteiger partial charge in [-0.3, -0.25) is 14.9 Å². The summed E-state index contributed by atoms with van der Waals surface area (Å²) in [6, 6.07) is 17.8. The number of non-ortho nitro benzene ring substituents is 1. The average Bonchev–Trinajstić information content (AvgIpc) is 3.07. The van der Waals surface area contributed by atoms with Crippen LogP contribution in [-0.4, -0.2) is 10.7 Å². The van der Waals surface area contributed by atoms with Crippen molar-refractivity contribution in [2.75, 3.05) is 0 Å². The van der Waals surface area contributed by atoms with Gasteiger partial charge >= 0.3 is 0 Å². The summed E-state index contributed by atoms with van der Waals surface area (Å²) in [6.45, 7) is 2.10. The zero-order valence-corrected chi connectivity index (χ0v) is 18.4. The monoisotopic (exact) mass is 475 g/mol. The summed E-state index contributed by atoms with van der Waals surface area (Å²) in [5.41, 5.74) is 1.47. The van der Waals surface area contributed by atoms with Gasteiger partial charge in [0.05, 0.1) is 9.13 Å². The second-order valence-corrected chi connectivity index (χ2v) is 9.62. The number of nitro benzene ring substituents is 1. The molecule has 4 nitrogen and oxygen atoms in total. The molecule has 0 amide bonds. The third-order valence-corrected chi connectivity index (χ3v) is 8.14. The molecule has 144 valence electrons. The van der Waals surface area contributed by atoms with Gasteiger partial charge in [0.15, 0.2) is 5.78 Å². The van der Waals surface area contributed by atoms with Gasteiger partial charge in [-0.15, -0.1) is 23.1 Å². The van der Waals surface area contributed by atoms with Crippen molar-refractivity contribution in [2.24, 2.45) is 0 Å². The minimum Gasteiger partial charge on any atom is -0.294 e. The molecule has 0 N–H and O–H groups in total. The largest absolute Gasteiger partial charge is 0.294 e. The van der Waals surface area contributed by atoms with E-state index in [1.54, 1.807) is 47.4 Å². The van der Waals surface area contributed by atoms with Crippen LogP contribution in [0.4, 0.5) is 5.69 Å². The second kappa shape index (κ2) is 9.49. The molecule has 1 aromatic heterocycles. The van der Waals surface area contributed by atoms with Crippen molar-refractivity contribution in [1.82, 2.24) is 0 Å². The van der Waals surface area contributed by atoms with Crippen LogP contribution in [0.3, 0.4) is 0 Å². The average molecular weight is 476 g/mol. The summed E-state index contributed by atoms with van der Waals surface area (Å²) in [5, 5.41) is 11.0. The molecule has 28 heavy (non-hydrogen) atoms. The molecule has 7 heteroatoms. The quantitative estimate of drug-likeness (QED) is 0.151. The molecule has 1 heterocycles. The van der Waals surface area contributed by atoms with E-state index in [2.05, 4.69) is 28.9 Å². The van der Waals surface area contributed by atoms with Gasteiger partial charge in [-0.05, 0) is 34.0 Å². The van der Waals surface area contributed by atoms with Gasteiger partial charge in [0.2, 0.25) is 0 Å². The van der Waals surface area contributed by atoms with Gasteiger partial charge in [0.1, 0.15) is 0 Å². The lowest BCUT2D eigenvalue weighted by Gasteiger charge is -2.16. The number of aryl methyl sites for hydroxylation is 1. The van der Waals surface area contributed by atoms with E-state index in [-0.39, 0.29) is 23.1 Å². The normalized spacial score (nSPS) is 11.9. The summed E-state index contributed by atoms with van der Waals surface area (Å²) >= 11 is 6.87. The maximum Gasteiger partial charge on any atom is 0.269 e. The Morgan fingerprint density at radius 2 is 1.93 bits per heavy atom. The van der Waals surface area contributed by atoms with Crippen molar-refractivity contribution in [3.05, 3.63) is 91.3 Å². The van der Waals surface area contributed by atoms with Gasteiger partial charge in [-0.25, -0.2) is 0 Å². The first kappa shape index (κ1) is 20.8. The molecule has 3 rings (SSSR count). The lowest BCUT2D eigenvalue weighted by atomic mass is 10.0. The van der Waals surface area contributed by atoms with Gasteiger partial charge in [-0.1, -0.05) is 49.4 Å². The van der Waals surface area contributed by atoms with Crippen LogP contribution in [0.2, 0.25) is 0 Å². The molecule has 0 fully saturated rings. The number of carbonyl (C=O) groups is 1. The number of thiophene rings is 1. The molecule has 2 aromatic carbocycles. The molecule has 0 unspecified atom stereocenters. The third-order valence-electron chi connectivity index (χ3n) is 4.22. The smallest absolute Gasteiger partial charge is 0.269 e. The Morgan fingerprint density at radius 1 is 1.18 bits per heavy atom. The molecule has 1 atom stereocenters. The molecule has 0 saturated carbocycles. The van der Waals surface area contributed by atoms with Crippen LogP contribution >= 0.6 is 39.0 Å². The number of hydrogen-bond donors (Lipinski definition) is 0. The molecule has 0 spiro atoms. The molecule has 0 radical (unpaired) electrons. The minimum atomic E-state index is -0.402. The van der Waals surface area contributed by atoms with E-state index in [4.69, 9.17) is 0 Å². The summed E-state index contributed by atoms with van der Waals surface area (Å²) < 4.78 is 2.08. The van der Waals surface area contributed by atoms with E-state index in [0.717, 1.165) is 20.7 Å². The van der Waals surface area contributed by atoms with E-state index in [1.165, 1.54) is 10.9 Å². The Hall–Kier alpha value is -1.96. The van der Waals surface area contributed by atoms with Crippen molar-refractivity contribution >= 4 is 50.5 Å². The molecular formula is C21H18BrNO3S2. The molecular weight excluding hydrogens is 458 g/mol. The maximum atomic E-state index is 12.8. The zero-order chi connectivity index (χ0) is 20.1. The van der Waals surface area contributed by atoms with Gasteiger partial charge in [0.25, 0.3) is 5.69 Å². The standard InChI is InChI=1S/C21H18BrNO3S2/c1-2-17-12-18(22)21(27-17)28-20(13-19(24)14-7-4-3-5-8-14)15-9-6-10-16(11-15)23(25)26/h3-12,20H,2,13H2,1H3/t20-/m0/s1. The van der Waals surface area contributed by atoms with Gasteiger partial charge in [0, 0.05) is 38.7 Å². The topological polar surface area (TPSA) is 60.2 Å². The van der Waals surface area contributed by atoms with Crippen LogP contribution in [0.25, 0.3) is 0 Å².